The number of hydrogen-bond acceptors (Lipinski definition) is 3. The number of nitrogens with one attached hydrogen (secondary N) is 2. The van der Waals surface area contributed by atoms with Crippen LogP contribution in [-0.2, 0) is 16.0 Å². The van der Waals surface area contributed by atoms with Crippen LogP contribution in [0.3, 0.4) is 0 Å². The van der Waals surface area contributed by atoms with Gasteiger partial charge in [0.2, 0.25) is 11.8 Å². The number of hydrogen-bond donors (Lipinski definition) is 2. The number of benzene rings is 2. The van der Waals surface area contributed by atoms with Crippen LogP contribution < -0.4 is 15.4 Å². The van der Waals surface area contributed by atoms with Gasteiger partial charge in [-0.1, -0.05) is 12.1 Å². The van der Waals surface area contributed by atoms with Gasteiger partial charge in [0.05, 0.1) is 6.42 Å². The lowest BCUT2D eigenvalue weighted by Gasteiger charge is -2.08. The van der Waals surface area contributed by atoms with E-state index in [-0.39, 0.29) is 24.0 Å². The van der Waals surface area contributed by atoms with Gasteiger partial charge >= 0.3 is 6.61 Å². The summed E-state index contributed by atoms with van der Waals surface area (Å²) < 4.78 is 28.3. The fourth-order valence-corrected chi connectivity index (χ4v) is 2.02. The molecule has 0 radical (unpaired) electrons. The fraction of sp³-hybridized carbons (Fsp3) is 0.176. The van der Waals surface area contributed by atoms with Crippen LogP contribution in [0.1, 0.15) is 12.5 Å². The highest BCUT2D eigenvalue weighted by molar-refractivity contribution is 5.92. The highest BCUT2D eigenvalue weighted by Crippen LogP contribution is 2.18. The Morgan fingerprint density at radius 1 is 0.958 bits per heavy atom. The first-order valence-electron chi connectivity index (χ1n) is 7.13. The first-order chi connectivity index (χ1) is 11.4. The average Bonchev–Trinajstić information content (AvgIpc) is 2.50. The van der Waals surface area contributed by atoms with Crippen LogP contribution >= 0.6 is 0 Å². The summed E-state index contributed by atoms with van der Waals surface area (Å²) in [4.78, 5) is 22.9. The van der Waals surface area contributed by atoms with Crippen molar-refractivity contribution in [3.05, 3.63) is 54.1 Å². The van der Waals surface area contributed by atoms with Crippen LogP contribution in [-0.4, -0.2) is 18.4 Å². The molecule has 0 aliphatic rings. The molecule has 0 aliphatic heterocycles. The van der Waals surface area contributed by atoms with Crippen molar-refractivity contribution in [1.29, 1.82) is 0 Å². The predicted octanol–water partition coefficient (Wildman–Crippen LogP) is 3.43. The second-order valence-corrected chi connectivity index (χ2v) is 5.01. The molecule has 126 valence electrons. The van der Waals surface area contributed by atoms with Crippen molar-refractivity contribution in [3.63, 3.8) is 0 Å². The fourth-order valence-electron chi connectivity index (χ4n) is 2.02. The van der Waals surface area contributed by atoms with Crippen molar-refractivity contribution in [2.45, 2.75) is 20.0 Å². The topological polar surface area (TPSA) is 67.4 Å². The van der Waals surface area contributed by atoms with E-state index in [2.05, 4.69) is 15.4 Å². The van der Waals surface area contributed by atoms with E-state index in [0.29, 0.717) is 11.4 Å². The van der Waals surface area contributed by atoms with Gasteiger partial charge in [-0.2, -0.15) is 8.78 Å². The normalized spacial score (nSPS) is 10.3. The smallest absolute Gasteiger partial charge is 0.387 e. The van der Waals surface area contributed by atoms with Crippen LogP contribution in [0.25, 0.3) is 0 Å². The molecule has 2 aromatic carbocycles. The molecule has 24 heavy (non-hydrogen) atoms. The van der Waals surface area contributed by atoms with Gasteiger partial charge < -0.3 is 15.4 Å². The largest absolute Gasteiger partial charge is 0.435 e. The molecule has 2 rings (SSSR count). The SMILES string of the molecule is CC(=O)Nc1ccc(CC(=O)Nc2ccc(OC(F)F)cc2)cc1. The molecule has 0 bridgehead atoms. The monoisotopic (exact) mass is 334 g/mol. The summed E-state index contributed by atoms with van der Waals surface area (Å²) in [5.74, 6) is -0.388. The minimum absolute atomic E-state index is 0.0246. The second-order valence-electron chi connectivity index (χ2n) is 5.01. The lowest BCUT2D eigenvalue weighted by Crippen LogP contribution is -2.14. The van der Waals surface area contributed by atoms with Gasteiger partial charge in [0, 0.05) is 18.3 Å². The summed E-state index contributed by atoms with van der Waals surface area (Å²) in [5.41, 5.74) is 1.91. The number of carbonyl (C=O) groups excluding carboxylic acids is 2. The van der Waals surface area contributed by atoms with Crippen LogP contribution in [0.4, 0.5) is 20.2 Å². The second kappa shape index (κ2) is 8.05. The van der Waals surface area contributed by atoms with Crippen molar-refractivity contribution in [2.24, 2.45) is 0 Å². The Morgan fingerprint density at radius 2 is 1.50 bits per heavy atom. The van der Waals surface area contributed by atoms with Crippen LogP contribution in [0.2, 0.25) is 0 Å². The molecule has 0 saturated carbocycles. The summed E-state index contributed by atoms with van der Waals surface area (Å²) in [6.07, 6.45) is 0.148. The number of ether oxygens (including phenoxy) is 1. The zero-order valence-corrected chi connectivity index (χ0v) is 12.9. The summed E-state index contributed by atoms with van der Waals surface area (Å²) in [7, 11) is 0. The first kappa shape index (κ1) is 17.4. The van der Waals surface area contributed by atoms with Crippen LogP contribution in [0.5, 0.6) is 5.75 Å². The van der Waals surface area contributed by atoms with Crippen LogP contribution in [0.15, 0.2) is 48.5 Å². The number of halogens is 2. The molecule has 0 heterocycles. The Balaban J connectivity index is 1.89. The van der Waals surface area contributed by atoms with E-state index in [0.717, 1.165) is 5.56 Å². The molecule has 0 aromatic heterocycles. The minimum Gasteiger partial charge on any atom is -0.435 e. The molecule has 2 amide bonds. The Labute approximate surface area is 137 Å². The van der Waals surface area contributed by atoms with Gasteiger partial charge in [-0.05, 0) is 42.0 Å². The van der Waals surface area contributed by atoms with Crippen molar-refractivity contribution < 1.29 is 23.1 Å². The molecule has 0 aliphatic carbocycles. The average molecular weight is 334 g/mol. The van der Waals surface area contributed by atoms with Gasteiger partial charge in [-0.25, -0.2) is 0 Å². The zero-order chi connectivity index (χ0) is 17.5. The van der Waals surface area contributed by atoms with Crippen molar-refractivity contribution in [3.8, 4) is 5.75 Å². The summed E-state index contributed by atoms with van der Waals surface area (Å²) in [6.45, 7) is -1.47. The Bertz CT molecular complexity index is 701. The van der Waals surface area contributed by atoms with Gasteiger partial charge in [0.25, 0.3) is 0 Å². The molecule has 0 saturated heterocycles. The lowest BCUT2D eigenvalue weighted by atomic mass is 10.1. The quantitative estimate of drug-likeness (QED) is 0.850. The molecule has 2 N–H and O–H groups in total. The summed E-state index contributed by atoms with van der Waals surface area (Å²) in [6, 6.07) is 12.6. The molecular weight excluding hydrogens is 318 g/mol. The van der Waals surface area contributed by atoms with E-state index in [1.807, 2.05) is 0 Å². The van der Waals surface area contributed by atoms with Crippen LogP contribution in [0, 0.1) is 0 Å². The molecule has 0 unspecified atom stereocenters. The molecular formula is C17H16F2N2O3. The molecule has 0 atom stereocenters. The Morgan fingerprint density at radius 3 is 2.04 bits per heavy atom. The zero-order valence-electron chi connectivity index (χ0n) is 12.9. The van der Waals surface area contributed by atoms with E-state index < -0.39 is 6.61 Å². The first-order valence-corrected chi connectivity index (χ1v) is 7.13. The maximum atomic E-state index is 12.1. The predicted molar refractivity (Wildman–Crippen MR) is 86.2 cm³/mol. The van der Waals surface area contributed by atoms with Gasteiger partial charge in [0.15, 0.2) is 0 Å². The highest BCUT2D eigenvalue weighted by atomic mass is 19.3. The maximum Gasteiger partial charge on any atom is 0.387 e. The molecule has 2 aromatic rings. The highest BCUT2D eigenvalue weighted by Gasteiger charge is 2.07. The Kier molecular flexibility index (Phi) is 5.83. The number of amides is 2. The van der Waals surface area contributed by atoms with E-state index in [1.165, 1.54) is 31.2 Å². The van der Waals surface area contributed by atoms with Crippen molar-refractivity contribution >= 4 is 23.2 Å². The van der Waals surface area contributed by atoms with Crippen molar-refractivity contribution in [2.75, 3.05) is 10.6 Å². The number of alkyl halides is 2. The number of anilines is 2. The summed E-state index contributed by atoms with van der Waals surface area (Å²) >= 11 is 0. The third-order valence-corrected chi connectivity index (χ3v) is 3.00. The van der Waals surface area contributed by atoms with Gasteiger partial charge in [-0.3, -0.25) is 9.59 Å². The molecule has 0 fully saturated rings. The summed E-state index contributed by atoms with van der Waals surface area (Å²) in [5, 5.41) is 5.31. The standard InChI is InChI=1S/C17H16F2N2O3/c1-11(22)20-13-4-2-12(3-5-13)10-16(23)21-14-6-8-15(9-7-14)24-17(18)19/h2-9,17H,10H2,1H3,(H,20,22)(H,21,23). The third kappa shape index (κ3) is 5.68. The minimum atomic E-state index is -2.88. The number of carbonyl (C=O) groups is 2. The number of rotatable bonds is 6. The Hall–Kier alpha value is -2.96. The van der Waals surface area contributed by atoms with E-state index >= 15 is 0 Å². The maximum absolute atomic E-state index is 12.1. The van der Waals surface area contributed by atoms with E-state index in [9.17, 15) is 18.4 Å². The third-order valence-electron chi connectivity index (χ3n) is 3.00. The molecule has 7 heteroatoms. The molecule has 5 nitrogen and oxygen atoms in total. The van der Waals surface area contributed by atoms with E-state index in [1.54, 1.807) is 24.3 Å². The van der Waals surface area contributed by atoms with Gasteiger partial charge in [-0.15, -0.1) is 0 Å². The lowest BCUT2D eigenvalue weighted by molar-refractivity contribution is -0.116. The van der Waals surface area contributed by atoms with Crippen molar-refractivity contribution in [1.82, 2.24) is 0 Å². The van der Waals surface area contributed by atoms with Gasteiger partial charge in [0.1, 0.15) is 5.75 Å². The van der Waals surface area contributed by atoms with E-state index in [4.69, 9.17) is 0 Å². The molecule has 0 spiro atoms.